The molecule has 6 nitrogen and oxygen atoms in total. The van der Waals surface area contributed by atoms with E-state index in [2.05, 4.69) is 4.72 Å². The van der Waals surface area contributed by atoms with Gasteiger partial charge in [-0.05, 0) is 55.4 Å². The molecule has 2 rings (SSSR count). The van der Waals surface area contributed by atoms with Crippen LogP contribution < -0.4 is 4.72 Å². The second-order valence-electron chi connectivity index (χ2n) is 5.18. The first-order chi connectivity index (χ1) is 9.90. The molecule has 0 amide bonds. The minimum Gasteiger partial charge on any atom is -0.479 e. The van der Waals surface area contributed by atoms with Crippen molar-refractivity contribution in [1.82, 2.24) is 4.72 Å². The molecule has 3 N–H and O–H groups in total. The Hall–Kier alpha value is -1.44. The highest BCUT2D eigenvalue weighted by Gasteiger charge is 2.19. The molecule has 21 heavy (non-hydrogen) atoms. The van der Waals surface area contributed by atoms with Crippen LogP contribution in [0.15, 0.2) is 23.1 Å². The lowest BCUT2D eigenvalue weighted by molar-refractivity contribution is -0.146. The molecule has 1 aliphatic rings. The van der Waals surface area contributed by atoms with Crippen molar-refractivity contribution in [2.24, 2.45) is 0 Å². The molecule has 0 radical (unpaired) electrons. The second kappa shape index (κ2) is 6.55. The van der Waals surface area contributed by atoms with Crippen LogP contribution in [-0.2, 0) is 27.7 Å². The molecule has 1 aromatic carbocycles. The number of fused-ring (bicyclic) bond motifs is 1. The van der Waals surface area contributed by atoms with Gasteiger partial charge in [-0.1, -0.05) is 6.07 Å². The fourth-order valence-electron chi connectivity index (χ4n) is 2.41. The summed E-state index contributed by atoms with van der Waals surface area (Å²) in [5.41, 5.74) is 2.26. The van der Waals surface area contributed by atoms with E-state index < -0.39 is 22.1 Å². The summed E-state index contributed by atoms with van der Waals surface area (Å²) < 4.78 is 26.6. The van der Waals surface area contributed by atoms with Gasteiger partial charge >= 0.3 is 5.97 Å². The van der Waals surface area contributed by atoms with E-state index in [0.29, 0.717) is 0 Å². The highest BCUT2D eigenvalue weighted by Crippen LogP contribution is 2.23. The van der Waals surface area contributed by atoms with Crippen molar-refractivity contribution in [3.8, 4) is 0 Å². The summed E-state index contributed by atoms with van der Waals surface area (Å²) in [7, 11) is -3.67. The largest absolute Gasteiger partial charge is 0.479 e. The van der Waals surface area contributed by atoms with Crippen LogP contribution in [0.5, 0.6) is 0 Å². The van der Waals surface area contributed by atoms with Crippen LogP contribution in [0, 0.1) is 0 Å². The fraction of sp³-hybridized carbons (Fsp3) is 0.500. The van der Waals surface area contributed by atoms with Crippen LogP contribution in [0.4, 0.5) is 0 Å². The average molecular weight is 313 g/mol. The Balaban J connectivity index is 2.04. The van der Waals surface area contributed by atoms with Crippen LogP contribution in [0.25, 0.3) is 0 Å². The van der Waals surface area contributed by atoms with Crippen molar-refractivity contribution in [3.63, 3.8) is 0 Å². The highest BCUT2D eigenvalue weighted by molar-refractivity contribution is 7.89. The van der Waals surface area contributed by atoms with Crippen molar-refractivity contribution < 1.29 is 23.4 Å². The number of carbonyl (C=O) groups is 1. The number of carboxylic acid groups (broad SMARTS) is 1. The predicted molar refractivity (Wildman–Crippen MR) is 76.5 cm³/mol. The van der Waals surface area contributed by atoms with E-state index in [1.165, 1.54) is 5.56 Å². The van der Waals surface area contributed by atoms with E-state index in [0.717, 1.165) is 31.2 Å². The number of aryl methyl sites for hydroxylation is 2. The molecule has 1 aromatic rings. The van der Waals surface area contributed by atoms with Gasteiger partial charge in [-0.25, -0.2) is 17.9 Å². The molecule has 0 aliphatic heterocycles. The fourth-order valence-corrected chi connectivity index (χ4v) is 3.51. The molecule has 1 aliphatic carbocycles. The summed E-state index contributed by atoms with van der Waals surface area (Å²) in [4.78, 5) is 10.6. The van der Waals surface area contributed by atoms with E-state index in [-0.39, 0.29) is 17.9 Å². The van der Waals surface area contributed by atoms with Crippen LogP contribution in [0.3, 0.4) is 0 Å². The highest BCUT2D eigenvalue weighted by atomic mass is 32.2. The third-order valence-corrected chi connectivity index (χ3v) is 5.08. The van der Waals surface area contributed by atoms with Gasteiger partial charge in [0.1, 0.15) is 0 Å². The quantitative estimate of drug-likeness (QED) is 0.716. The Labute approximate surface area is 123 Å². The zero-order valence-corrected chi connectivity index (χ0v) is 12.4. The minimum absolute atomic E-state index is 0.118. The molecule has 0 aromatic heterocycles. The lowest BCUT2D eigenvalue weighted by atomic mass is 9.92. The maximum absolute atomic E-state index is 12.1. The van der Waals surface area contributed by atoms with Crippen molar-refractivity contribution in [2.75, 3.05) is 6.54 Å². The Morgan fingerprint density at radius 1 is 1.24 bits per heavy atom. The van der Waals surface area contributed by atoms with Crippen molar-refractivity contribution in [1.29, 1.82) is 0 Å². The Kier molecular flexibility index (Phi) is 4.97. The summed E-state index contributed by atoms with van der Waals surface area (Å²) in [6.45, 7) is -0.118. The molecule has 0 saturated heterocycles. The Morgan fingerprint density at radius 2 is 1.90 bits per heavy atom. The minimum atomic E-state index is -3.67. The predicted octanol–water partition coefficient (Wildman–Crippen LogP) is 0.679. The van der Waals surface area contributed by atoms with E-state index in [1.54, 1.807) is 12.1 Å². The van der Waals surface area contributed by atoms with Gasteiger partial charge < -0.3 is 10.2 Å². The number of hydrogen-bond acceptors (Lipinski definition) is 4. The molecule has 7 heteroatoms. The van der Waals surface area contributed by atoms with Crippen LogP contribution in [-0.4, -0.2) is 37.2 Å². The first-order valence-corrected chi connectivity index (χ1v) is 8.41. The van der Waals surface area contributed by atoms with Crippen molar-refractivity contribution in [2.45, 2.75) is 43.1 Å². The lowest BCUT2D eigenvalue weighted by Gasteiger charge is -2.17. The maximum Gasteiger partial charge on any atom is 0.332 e. The van der Waals surface area contributed by atoms with Gasteiger partial charge in [0, 0.05) is 6.54 Å². The molecular weight excluding hydrogens is 294 g/mol. The smallest absolute Gasteiger partial charge is 0.332 e. The second-order valence-corrected chi connectivity index (χ2v) is 6.95. The summed E-state index contributed by atoms with van der Waals surface area (Å²) in [5.74, 6) is -1.36. The maximum atomic E-state index is 12.1. The number of benzene rings is 1. The van der Waals surface area contributed by atoms with Crippen LogP contribution in [0.2, 0.25) is 0 Å². The molecule has 0 saturated carbocycles. The van der Waals surface area contributed by atoms with Crippen LogP contribution >= 0.6 is 0 Å². The van der Waals surface area contributed by atoms with E-state index in [4.69, 9.17) is 10.2 Å². The standard InChI is InChI=1S/C14H19NO5S/c16-13(14(17)18)7-8-15-21(19,20)12-6-5-10-3-1-2-4-11(10)9-12/h5-6,9,13,15-16H,1-4,7-8H2,(H,17,18). The summed E-state index contributed by atoms with van der Waals surface area (Å²) in [6, 6.07) is 5.10. The summed E-state index contributed by atoms with van der Waals surface area (Å²) in [5, 5.41) is 17.7. The average Bonchev–Trinajstić information content (AvgIpc) is 2.46. The number of hydrogen-bond donors (Lipinski definition) is 3. The number of aliphatic carboxylic acids is 1. The lowest BCUT2D eigenvalue weighted by Crippen LogP contribution is -2.30. The molecular formula is C14H19NO5S. The third-order valence-electron chi connectivity index (χ3n) is 3.63. The number of rotatable bonds is 6. The van der Waals surface area contributed by atoms with Crippen molar-refractivity contribution in [3.05, 3.63) is 29.3 Å². The van der Waals surface area contributed by atoms with Gasteiger partial charge in [0.25, 0.3) is 0 Å². The molecule has 116 valence electrons. The molecule has 0 fully saturated rings. The van der Waals surface area contributed by atoms with Gasteiger partial charge in [-0.15, -0.1) is 0 Å². The summed E-state index contributed by atoms with van der Waals surface area (Å²) in [6.07, 6.45) is 2.33. The first kappa shape index (κ1) is 15.9. The molecule has 1 unspecified atom stereocenters. The molecule has 1 atom stereocenters. The van der Waals surface area contributed by atoms with E-state index >= 15 is 0 Å². The topological polar surface area (TPSA) is 104 Å². The zero-order chi connectivity index (χ0) is 15.5. The van der Waals surface area contributed by atoms with Crippen LogP contribution in [0.1, 0.15) is 30.4 Å². The van der Waals surface area contributed by atoms with Gasteiger partial charge in [-0.2, -0.15) is 0 Å². The number of carboxylic acids is 1. The third kappa shape index (κ3) is 4.03. The zero-order valence-electron chi connectivity index (χ0n) is 11.6. The SMILES string of the molecule is O=C(O)C(O)CCNS(=O)(=O)c1ccc2c(c1)CCCC2. The monoisotopic (exact) mass is 313 g/mol. The van der Waals surface area contributed by atoms with E-state index in [1.807, 2.05) is 6.07 Å². The molecule has 0 heterocycles. The number of aliphatic hydroxyl groups is 1. The van der Waals surface area contributed by atoms with Gasteiger partial charge in [0.15, 0.2) is 6.10 Å². The Morgan fingerprint density at radius 3 is 2.57 bits per heavy atom. The Bertz CT molecular complexity index is 626. The normalized spacial score (nSPS) is 16.2. The van der Waals surface area contributed by atoms with Gasteiger partial charge in [0.2, 0.25) is 10.0 Å². The van der Waals surface area contributed by atoms with Gasteiger partial charge in [-0.3, -0.25) is 0 Å². The number of aliphatic hydroxyl groups excluding tert-OH is 1. The number of sulfonamides is 1. The number of nitrogens with one attached hydrogen (secondary N) is 1. The molecule has 0 spiro atoms. The molecule has 0 bridgehead atoms. The first-order valence-electron chi connectivity index (χ1n) is 6.92. The summed E-state index contributed by atoms with van der Waals surface area (Å²) >= 11 is 0. The van der Waals surface area contributed by atoms with Crippen molar-refractivity contribution >= 4 is 16.0 Å². The van der Waals surface area contributed by atoms with E-state index in [9.17, 15) is 13.2 Å². The van der Waals surface area contributed by atoms with Gasteiger partial charge in [0.05, 0.1) is 4.90 Å².